The fourth-order valence-corrected chi connectivity index (χ4v) is 13.6. The molecule has 16 rings (SSSR count). The summed E-state index contributed by atoms with van der Waals surface area (Å²) in [4.78, 5) is 76.1. The van der Waals surface area contributed by atoms with E-state index in [0.717, 1.165) is 66.1 Å². The topological polar surface area (TPSA) is 213 Å². The second-order valence-electron chi connectivity index (χ2n) is 27.2. The molecule has 6 aliphatic heterocycles. The fourth-order valence-electron chi connectivity index (χ4n) is 13.6. The Hall–Kier alpha value is -10.7. The number of ether oxygens (including phenoxy) is 12. The maximum Gasteiger partial charge on any atom is 0.338 e. The SMILES string of the molecule is Cc1ccc(-c2ccc(C(=O)O[C@@H]3COC4C3OC[C@H]4OC(=O)c3ccc(-c4ccc(C)cc4)cc3)cc2)cc1.Cc1ccc(C(=O)O[C@@H]2COC3C2OC[C@H]3OC(=O)c2ccc(C)cc2)cc1.Cc1ccc2cc(C(=O)O[C@@H]3COC4C3OC[C@H]4OC(=O)c3ccc4cc(C)ccc4c3)ccc2c1. The van der Waals surface area contributed by atoms with Crippen molar-refractivity contribution in [3.63, 3.8) is 0 Å². The molecule has 0 saturated carbocycles. The van der Waals surface area contributed by atoms with E-state index in [4.69, 9.17) is 56.8 Å². The largest absolute Gasteiger partial charge is 0.453 e. The van der Waals surface area contributed by atoms with Crippen molar-refractivity contribution >= 4 is 57.4 Å². The standard InChI is InChI=1S/C34H30O6.C30H26O6.C22H22O6/c1-21-3-7-23(8-4-21)25-11-15-27(16-12-25)33(35)39-29-19-37-32-30(20-38-31(29)32)40-34(36)28-17-13-26(14-18-28)24-9-5-22(2)6-10-24;1-17-3-5-21-13-23(9-7-19(21)11-17)29(31)35-25-15-33-28-26(16-34-27(25)28)36-30(32)24-10-8-20-12-18(2)4-6-22(20)14-24;1-13-3-7-15(8-4-13)21(23)27-17-11-25-20-18(12-26-19(17)20)28-22(24)16-9-5-14(2)6-10-16/h3-18,29-32H,19-20H2,1-2H3;3-14,25-28H,15-16H2,1-2H3;3-10,17-20H,11-12H2,1-2H3/t29-,30-,31?,32?;25-,26-,27?,28?;17-,18-,19?,20?/m111/s1. The van der Waals surface area contributed by atoms with Crippen LogP contribution in [0.4, 0.5) is 0 Å². The van der Waals surface area contributed by atoms with Crippen LogP contribution in [0.15, 0.2) is 218 Å². The third kappa shape index (κ3) is 16.1. The van der Waals surface area contributed by atoms with Gasteiger partial charge in [-0.25, -0.2) is 28.8 Å². The van der Waals surface area contributed by atoms with Gasteiger partial charge in [-0.1, -0.05) is 179 Å². The number of hydrogen-bond acceptors (Lipinski definition) is 18. The predicted molar refractivity (Wildman–Crippen MR) is 387 cm³/mol. The van der Waals surface area contributed by atoms with E-state index in [2.05, 4.69) is 60.7 Å². The van der Waals surface area contributed by atoms with Crippen LogP contribution in [0.5, 0.6) is 0 Å². The van der Waals surface area contributed by atoms with Crippen LogP contribution >= 0.6 is 0 Å². The molecular formula is C86H78O18. The number of fused-ring (bicyclic) bond motifs is 5. The molecule has 18 nitrogen and oxygen atoms in total. The van der Waals surface area contributed by atoms with Crippen LogP contribution in [0.1, 0.15) is 95.5 Å². The Morgan fingerprint density at radius 2 is 0.394 bits per heavy atom. The van der Waals surface area contributed by atoms with E-state index in [1.165, 1.54) is 11.1 Å². The van der Waals surface area contributed by atoms with Crippen LogP contribution in [0, 0.1) is 41.5 Å². The lowest BCUT2D eigenvalue weighted by molar-refractivity contribution is -0.0293. The minimum atomic E-state index is -0.577. The lowest BCUT2D eigenvalue weighted by Crippen LogP contribution is -2.36. The Balaban J connectivity index is 0.000000134. The lowest BCUT2D eigenvalue weighted by Gasteiger charge is -2.17. The van der Waals surface area contributed by atoms with Gasteiger partial charge in [0, 0.05) is 0 Å². The van der Waals surface area contributed by atoms with E-state index in [0.29, 0.717) is 33.4 Å². The average Bonchev–Trinajstić information content (AvgIpc) is 1.69. The Bertz CT molecular complexity index is 4480. The molecular weight excluding hydrogens is 1320 g/mol. The van der Waals surface area contributed by atoms with Crippen molar-refractivity contribution in [3.05, 3.63) is 285 Å². The molecule has 0 bridgehead atoms. The number of rotatable bonds is 14. The molecule has 0 spiro atoms. The molecule has 0 aromatic heterocycles. The molecule has 6 aliphatic rings. The molecule has 0 radical (unpaired) electrons. The Morgan fingerprint density at radius 1 is 0.221 bits per heavy atom. The first-order valence-electron chi connectivity index (χ1n) is 34.8. The summed E-state index contributed by atoms with van der Waals surface area (Å²) < 4.78 is 69.1. The highest BCUT2D eigenvalue weighted by Gasteiger charge is 2.54. The second-order valence-corrected chi connectivity index (χ2v) is 27.2. The molecule has 10 aromatic rings. The fraction of sp³-hybridized carbons (Fsp3) is 0.279. The van der Waals surface area contributed by atoms with Crippen LogP contribution in [0.3, 0.4) is 0 Å². The van der Waals surface area contributed by atoms with Crippen LogP contribution < -0.4 is 0 Å². The predicted octanol–water partition coefficient (Wildman–Crippen LogP) is 14.2. The van der Waals surface area contributed by atoms with E-state index in [-0.39, 0.29) is 39.6 Å². The molecule has 104 heavy (non-hydrogen) atoms. The highest BCUT2D eigenvalue weighted by molar-refractivity contribution is 5.97. The number of benzene rings is 10. The molecule has 18 heteroatoms. The summed E-state index contributed by atoms with van der Waals surface area (Å²) in [5, 5.41) is 4.09. The minimum Gasteiger partial charge on any atom is -0.453 e. The van der Waals surface area contributed by atoms with Gasteiger partial charge in [0.05, 0.1) is 73.0 Å². The van der Waals surface area contributed by atoms with Crippen molar-refractivity contribution in [1.29, 1.82) is 0 Å². The Morgan fingerprint density at radius 3 is 0.644 bits per heavy atom. The van der Waals surface area contributed by atoms with Crippen molar-refractivity contribution in [2.45, 2.75) is 115 Å². The van der Waals surface area contributed by atoms with E-state index < -0.39 is 109 Å². The van der Waals surface area contributed by atoms with Gasteiger partial charge >= 0.3 is 35.8 Å². The average molecular weight is 1400 g/mol. The zero-order valence-corrected chi connectivity index (χ0v) is 58.3. The van der Waals surface area contributed by atoms with Crippen molar-refractivity contribution in [1.82, 2.24) is 0 Å². The minimum absolute atomic E-state index is 0.182. The quantitative estimate of drug-likeness (QED) is 0.0731. The summed E-state index contributed by atoms with van der Waals surface area (Å²) in [6, 6.07) is 68.7. The van der Waals surface area contributed by atoms with Gasteiger partial charge < -0.3 is 56.8 Å². The van der Waals surface area contributed by atoms with Gasteiger partial charge in [0.1, 0.15) is 36.6 Å². The molecule has 6 saturated heterocycles. The normalized spacial score (nSPS) is 23.2. The molecule has 530 valence electrons. The number of carbonyl (C=O) groups is 6. The summed E-state index contributed by atoms with van der Waals surface area (Å²) >= 11 is 0. The Kier molecular flexibility index (Phi) is 21.0. The summed E-state index contributed by atoms with van der Waals surface area (Å²) in [5.41, 5.74) is 13.9. The maximum absolute atomic E-state index is 12.9. The maximum atomic E-state index is 12.9. The molecule has 0 N–H and O–H groups in total. The molecule has 6 fully saturated rings. The van der Waals surface area contributed by atoms with E-state index in [1.54, 1.807) is 60.7 Å². The van der Waals surface area contributed by atoms with Gasteiger partial charge in [-0.2, -0.15) is 0 Å². The zero-order chi connectivity index (χ0) is 72.1. The van der Waals surface area contributed by atoms with Crippen LogP contribution in [-0.4, -0.2) is 149 Å². The lowest BCUT2D eigenvalue weighted by atomic mass is 10.0. The van der Waals surface area contributed by atoms with Crippen molar-refractivity contribution in [2.24, 2.45) is 0 Å². The van der Waals surface area contributed by atoms with Gasteiger partial charge in [0.25, 0.3) is 0 Å². The van der Waals surface area contributed by atoms with Crippen molar-refractivity contribution < 1.29 is 85.6 Å². The van der Waals surface area contributed by atoms with Crippen LogP contribution in [-0.2, 0) is 56.8 Å². The molecule has 0 aliphatic carbocycles. The third-order valence-corrected chi connectivity index (χ3v) is 19.5. The van der Waals surface area contributed by atoms with Crippen LogP contribution in [0.2, 0.25) is 0 Å². The highest BCUT2D eigenvalue weighted by atomic mass is 16.7. The van der Waals surface area contributed by atoms with Gasteiger partial charge in [-0.3, -0.25) is 0 Å². The molecule has 0 amide bonds. The number of carbonyl (C=O) groups excluding carboxylic acids is 6. The van der Waals surface area contributed by atoms with Gasteiger partial charge in [-0.05, 0) is 158 Å². The first kappa shape index (κ1) is 70.3. The summed E-state index contributed by atoms with van der Waals surface area (Å²) in [6.07, 6.45) is -6.15. The monoisotopic (exact) mass is 1400 g/mol. The van der Waals surface area contributed by atoms with Crippen LogP contribution in [0.25, 0.3) is 43.8 Å². The summed E-state index contributed by atoms with van der Waals surface area (Å²) in [6.45, 7) is 13.2. The van der Waals surface area contributed by atoms with E-state index >= 15 is 0 Å². The van der Waals surface area contributed by atoms with E-state index in [9.17, 15) is 28.8 Å². The van der Waals surface area contributed by atoms with Crippen molar-refractivity contribution in [2.75, 3.05) is 39.6 Å². The number of hydrogen-bond donors (Lipinski definition) is 0. The molecule has 6 heterocycles. The van der Waals surface area contributed by atoms with Gasteiger partial charge in [-0.15, -0.1) is 0 Å². The van der Waals surface area contributed by atoms with Gasteiger partial charge in [0.2, 0.25) is 0 Å². The molecule has 12 atom stereocenters. The first-order chi connectivity index (χ1) is 50.4. The molecule has 10 aromatic carbocycles. The second kappa shape index (κ2) is 31.1. The van der Waals surface area contributed by atoms with E-state index in [1.807, 2.05) is 139 Å². The smallest absolute Gasteiger partial charge is 0.338 e. The third-order valence-electron chi connectivity index (χ3n) is 19.5. The first-order valence-corrected chi connectivity index (χ1v) is 34.8. The Labute approximate surface area is 601 Å². The van der Waals surface area contributed by atoms with Crippen molar-refractivity contribution in [3.8, 4) is 22.3 Å². The van der Waals surface area contributed by atoms with Gasteiger partial charge in [0.15, 0.2) is 36.6 Å². The number of esters is 6. The molecule has 6 unspecified atom stereocenters. The number of aryl methyl sites for hydroxylation is 6. The summed E-state index contributed by atoms with van der Waals surface area (Å²) in [5.74, 6) is -2.58. The highest BCUT2D eigenvalue weighted by Crippen LogP contribution is 2.36. The summed E-state index contributed by atoms with van der Waals surface area (Å²) in [7, 11) is 0. The zero-order valence-electron chi connectivity index (χ0n) is 58.3.